The molecule has 0 saturated heterocycles. The van der Waals surface area contributed by atoms with E-state index in [4.69, 9.17) is 9.97 Å². The molecule has 0 aliphatic heterocycles. The van der Waals surface area contributed by atoms with E-state index in [2.05, 4.69) is 223 Å². The van der Waals surface area contributed by atoms with Crippen LogP contribution in [0.15, 0.2) is 224 Å². The van der Waals surface area contributed by atoms with Crippen molar-refractivity contribution < 1.29 is 0 Å². The van der Waals surface area contributed by atoms with Gasteiger partial charge in [-0.1, -0.05) is 182 Å². The van der Waals surface area contributed by atoms with Crippen LogP contribution in [0.5, 0.6) is 0 Å². The van der Waals surface area contributed by atoms with Crippen LogP contribution >= 0.6 is 0 Å². The Labute approximate surface area is 353 Å². The number of nitrogens with zero attached hydrogens (tertiary/aromatic N) is 3. The number of aromatic nitrogens is 3. The standard InChI is InChI=1S/C58H37N3/c1-3-16-38(17-4-1)40-22-15-23-43(34-40)54-37-53(39-18-5-2-6-19-39)59-58(60-54)51-31-30-47(44-24-9-10-26-46(44)51)48-32-33-56(49-27-12-11-25-45(48)49)61-55-29-14-13-28-50(55)52-35-41-20-7-8-21-42(41)36-57(52)61/h1-37H. The quantitative estimate of drug-likeness (QED) is 0.168. The molecular weight excluding hydrogens is 739 g/mol. The largest absolute Gasteiger partial charge is 0.309 e. The third kappa shape index (κ3) is 5.90. The molecule has 12 aromatic rings. The van der Waals surface area contributed by atoms with Crippen LogP contribution in [0.4, 0.5) is 0 Å². The van der Waals surface area contributed by atoms with Crippen LogP contribution in [-0.2, 0) is 0 Å². The highest BCUT2D eigenvalue weighted by atomic mass is 15.0. The van der Waals surface area contributed by atoms with Crippen LogP contribution in [0.1, 0.15) is 0 Å². The molecule has 0 atom stereocenters. The molecule has 0 N–H and O–H groups in total. The lowest BCUT2D eigenvalue weighted by Gasteiger charge is -2.17. The fourth-order valence-electron chi connectivity index (χ4n) is 9.32. The van der Waals surface area contributed by atoms with Crippen molar-refractivity contribution in [2.75, 3.05) is 0 Å². The molecule has 61 heavy (non-hydrogen) atoms. The minimum atomic E-state index is 0.698. The first-order valence-corrected chi connectivity index (χ1v) is 20.8. The lowest BCUT2D eigenvalue weighted by molar-refractivity contribution is 1.19. The van der Waals surface area contributed by atoms with Gasteiger partial charge in [0.05, 0.1) is 28.1 Å². The molecule has 3 nitrogen and oxygen atoms in total. The van der Waals surface area contributed by atoms with Crippen molar-refractivity contribution in [2.45, 2.75) is 0 Å². The Morgan fingerprint density at radius 3 is 1.52 bits per heavy atom. The zero-order valence-electron chi connectivity index (χ0n) is 33.2. The van der Waals surface area contributed by atoms with Gasteiger partial charge in [-0.15, -0.1) is 0 Å². The molecule has 0 aliphatic rings. The van der Waals surface area contributed by atoms with Gasteiger partial charge in [-0.05, 0) is 91.6 Å². The van der Waals surface area contributed by atoms with Gasteiger partial charge in [-0.2, -0.15) is 0 Å². The molecule has 2 heterocycles. The first kappa shape index (κ1) is 34.9. The molecular formula is C58H37N3. The van der Waals surface area contributed by atoms with E-state index in [0.29, 0.717) is 5.82 Å². The molecule has 10 aromatic carbocycles. The monoisotopic (exact) mass is 775 g/mol. The maximum atomic E-state index is 5.33. The Bertz CT molecular complexity index is 3640. The number of hydrogen-bond donors (Lipinski definition) is 0. The van der Waals surface area contributed by atoms with Crippen molar-refractivity contribution in [3.8, 4) is 61.8 Å². The van der Waals surface area contributed by atoms with E-state index in [1.807, 2.05) is 6.07 Å². The van der Waals surface area contributed by atoms with E-state index in [-0.39, 0.29) is 0 Å². The smallest absolute Gasteiger partial charge is 0.161 e. The molecule has 0 amide bonds. The van der Waals surface area contributed by atoms with Crippen LogP contribution < -0.4 is 0 Å². The normalized spacial score (nSPS) is 11.6. The third-order valence-corrected chi connectivity index (χ3v) is 12.2. The van der Waals surface area contributed by atoms with Crippen molar-refractivity contribution in [2.24, 2.45) is 0 Å². The Morgan fingerprint density at radius 1 is 0.279 bits per heavy atom. The molecule has 0 unspecified atom stereocenters. The van der Waals surface area contributed by atoms with Crippen molar-refractivity contribution in [1.29, 1.82) is 0 Å². The van der Waals surface area contributed by atoms with E-state index >= 15 is 0 Å². The van der Waals surface area contributed by atoms with Crippen molar-refractivity contribution in [1.82, 2.24) is 14.5 Å². The van der Waals surface area contributed by atoms with Crippen molar-refractivity contribution >= 4 is 54.1 Å². The lowest BCUT2D eigenvalue weighted by Crippen LogP contribution is -1.98. The summed E-state index contributed by atoms with van der Waals surface area (Å²) in [5, 5.41) is 9.66. The van der Waals surface area contributed by atoms with Gasteiger partial charge >= 0.3 is 0 Å². The van der Waals surface area contributed by atoms with Gasteiger partial charge < -0.3 is 4.57 Å². The topological polar surface area (TPSA) is 30.7 Å². The summed E-state index contributed by atoms with van der Waals surface area (Å²) in [6, 6.07) is 80.5. The summed E-state index contributed by atoms with van der Waals surface area (Å²) in [5.41, 5.74) is 13.1. The van der Waals surface area contributed by atoms with Crippen molar-refractivity contribution in [3.05, 3.63) is 224 Å². The van der Waals surface area contributed by atoms with Gasteiger partial charge in [-0.3, -0.25) is 0 Å². The van der Waals surface area contributed by atoms with E-state index in [1.165, 1.54) is 60.0 Å². The fraction of sp³-hybridized carbons (Fsp3) is 0. The average molecular weight is 776 g/mol. The Kier molecular flexibility index (Phi) is 8.17. The number of para-hydroxylation sites is 1. The number of benzene rings is 10. The maximum Gasteiger partial charge on any atom is 0.161 e. The number of rotatable bonds is 6. The molecule has 0 radical (unpaired) electrons. The molecule has 3 heteroatoms. The van der Waals surface area contributed by atoms with E-state index in [1.54, 1.807) is 0 Å². The van der Waals surface area contributed by atoms with Gasteiger partial charge in [0.2, 0.25) is 0 Å². The first-order chi connectivity index (χ1) is 30.2. The van der Waals surface area contributed by atoms with Gasteiger partial charge in [-0.25, -0.2) is 9.97 Å². The Balaban J connectivity index is 1.04. The van der Waals surface area contributed by atoms with Gasteiger partial charge in [0.15, 0.2) is 5.82 Å². The summed E-state index contributed by atoms with van der Waals surface area (Å²) in [6.45, 7) is 0. The van der Waals surface area contributed by atoms with Crippen LogP contribution in [0.2, 0.25) is 0 Å². The second kappa shape index (κ2) is 14.3. The van der Waals surface area contributed by atoms with E-state index in [9.17, 15) is 0 Å². The van der Waals surface area contributed by atoms with E-state index < -0.39 is 0 Å². The summed E-state index contributed by atoms with van der Waals surface area (Å²) in [7, 11) is 0. The minimum Gasteiger partial charge on any atom is -0.309 e. The Morgan fingerprint density at radius 2 is 0.787 bits per heavy atom. The highest BCUT2D eigenvalue weighted by Crippen LogP contribution is 2.42. The average Bonchev–Trinajstić information content (AvgIpc) is 3.65. The van der Waals surface area contributed by atoms with Crippen LogP contribution in [-0.4, -0.2) is 14.5 Å². The zero-order chi connectivity index (χ0) is 40.3. The third-order valence-electron chi connectivity index (χ3n) is 12.2. The SMILES string of the molecule is c1ccc(-c2cccc(-c3cc(-c4ccccc4)nc(-c4ccc(-c5ccc(-n6c7ccccc7c7cc8ccccc8cc76)c6ccccc56)c5ccccc45)n3)c2)cc1. The summed E-state index contributed by atoms with van der Waals surface area (Å²) in [6.07, 6.45) is 0. The summed E-state index contributed by atoms with van der Waals surface area (Å²) >= 11 is 0. The Hall–Kier alpha value is -8.14. The molecule has 284 valence electrons. The fourth-order valence-corrected chi connectivity index (χ4v) is 9.32. The maximum absolute atomic E-state index is 5.33. The minimum absolute atomic E-state index is 0.698. The molecule has 0 aliphatic carbocycles. The molecule has 0 spiro atoms. The summed E-state index contributed by atoms with van der Waals surface area (Å²) < 4.78 is 2.45. The summed E-state index contributed by atoms with van der Waals surface area (Å²) in [4.78, 5) is 10.6. The molecule has 12 rings (SSSR count). The zero-order valence-corrected chi connectivity index (χ0v) is 33.2. The van der Waals surface area contributed by atoms with Crippen LogP contribution in [0, 0.1) is 0 Å². The predicted octanol–water partition coefficient (Wildman–Crippen LogP) is 15.4. The second-order valence-corrected chi connectivity index (χ2v) is 15.7. The second-order valence-electron chi connectivity index (χ2n) is 15.7. The molecule has 0 bridgehead atoms. The van der Waals surface area contributed by atoms with Gasteiger partial charge in [0.1, 0.15) is 0 Å². The molecule has 2 aromatic heterocycles. The lowest BCUT2D eigenvalue weighted by atomic mass is 9.91. The highest BCUT2D eigenvalue weighted by molar-refractivity contribution is 6.16. The van der Waals surface area contributed by atoms with Gasteiger partial charge in [0.25, 0.3) is 0 Å². The first-order valence-electron chi connectivity index (χ1n) is 20.8. The predicted molar refractivity (Wildman–Crippen MR) is 256 cm³/mol. The number of fused-ring (bicyclic) bond motifs is 6. The van der Waals surface area contributed by atoms with Crippen LogP contribution in [0.3, 0.4) is 0 Å². The highest BCUT2D eigenvalue weighted by Gasteiger charge is 2.19. The number of hydrogen-bond acceptors (Lipinski definition) is 2. The van der Waals surface area contributed by atoms with E-state index in [0.717, 1.165) is 50.1 Å². The van der Waals surface area contributed by atoms with Crippen LogP contribution in [0.25, 0.3) is 116 Å². The molecule has 0 fully saturated rings. The summed E-state index contributed by atoms with van der Waals surface area (Å²) in [5.74, 6) is 0.698. The molecule has 0 saturated carbocycles. The van der Waals surface area contributed by atoms with Crippen molar-refractivity contribution in [3.63, 3.8) is 0 Å². The van der Waals surface area contributed by atoms with Gasteiger partial charge in [0, 0.05) is 32.8 Å².